The second kappa shape index (κ2) is 13.5. The van der Waals surface area contributed by atoms with Gasteiger partial charge in [-0.2, -0.15) is 0 Å². The Kier molecular flexibility index (Phi) is 11.5. The van der Waals surface area contributed by atoms with Crippen molar-refractivity contribution in [2.24, 2.45) is 5.73 Å². The van der Waals surface area contributed by atoms with E-state index in [1.165, 1.54) is 38.5 Å². The largest absolute Gasteiger partial charge is 0.493 e. The van der Waals surface area contributed by atoms with Crippen LogP contribution in [0.4, 0.5) is 0 Å². The number of carbonyl (C=O) groups is 1. The summed E-state index contributed by atoms with van der Waals surface area (Å²) in [7, 11) is 3.18. The molecule has 0 heterocycles. The third kappa shape index (κ3) is 7.65. The first-order valence-electron chi connectivity index (χ1n) is 9.80. The van der Waals surface area contributed by atoms with Crippen molar-refractivity contribution in [2.45, 2.75) is 70.6 Å². The molecule has 1 aromatic carbocycles. The topological polar surface area (TPSA) is 81.8 Å². The maximum atomic E-state index is 11.7. The van der Waals surface area contributed by atoms with Crippen LogP contribution in [-0.4, -0.2) is 31.8 Å². The van der Waals surface area contributed by atoms with Gasteiger partial charge in [-0.05, 0) is 31.4 Å². The second-order valence-electron chi connectivity index (χ2n) is 6.70. The number of ether oxygens (including phenoxy) is 2. The molecule has 0 unspecified atom stereocenters. The van der Waals surface area contributed by atoms with Crippen molar-refractivity contribution in [1.82, 2.24) is 0 Å². The minimum absolute atomic E-state index is 0.315. The van der Waals surface area contributed by atoms with Gasteiger partial charge in [0.15, 0.2) is 11.5 Å². The Labute approximate surface area is 157 Å². The second-order valence-corrected chi connectivity index (χ2v) is 6.70. The van der Waals surface area contributed by atoms with Crippen LogP contribution in [-0.2, 0) is 6.42 Å². The molecular weight excluding hydrogens is 330 g/mol. The predicted octanol–water partition coefficient (Wildman–Crippen LogP) is 4.24. The zero-order valence-corrected chi connectivity index (χ0v) is 16.4. The van der Waals surface area contributed by atoms with Gasteiger partial charge in [0, 0.05) is 17.7 Å². The summed E-state index contributed by atoms with van der Waals surface area (Å²) in [6.07, 6.45) is 12.5. The Morgan fingerprint density at radius 2 is 1.42 bits per heavy atom. The van der Waals surface area contributed by atoms with Gasteiger partial charge in [-0.25, -0.2) is 0 Å². The smallest absolute Gasteiger partial charge is 0.249 e. The SMILES string of the molecule is COc1ccc(C(N)=O)c(CCCCCCCCCCCCO)c1OC. The number of amides is 1. The lowest BCUT2D eigenvalue weighted by Gasteiger charge is -2.15. The molecule has 0 spiro atoms. The summed E-state index contributed by atoms with van der Waals surface area (Å²) in [6, 6.07) is 3.44. The Bertz CT molecular complexity index is 531. The lowest BCUT2D eigenvalue weighted by atomic mass is 9.98. The van der Waals surface area contributed by atoms with Gasteiger partial charge < -0.3 is 20.3 Å². The van der Waals surface area contributed by atoms with Crippen LogP contribution in [0.5, 0.6) is 11.5 Å². The standard InChI is InChI=1S/C21H35NO4/c1-25-19-15-14-18(21(22)24)17(20(19)26-2)13-11-9-7-5-3-4-6-8-10-12-16-23/h14-15,23H,3-13,16H2,1-2H3,(H2,22,24). The number of aliphatic hydroxyl groups is 1. The van der Waals surface area contributed by atoms with E-state index in [1.54, 1.807) is 26.4 Å². The summed E-state index contributed by atoms with van der Waals surface area (Å²) in [5.41, 5.74) is 6.88. The van der Waals surface area contributed by atoms with Crippen LogP contribution < -0.4 is 15.2 Å². The number of rotatable bonds is 15. The summed E-state index contributed by atoms with van der Waals surface area (Å²) in [6.45, 7) is 0.315. The van der Waals surface area contributed by atoms with Crippen molar-refractivity contribution in [3.05, 3.63) is 23.3 Å². The maximum absolute atomic E-state index is 11.7. The average molecular weight is 366 g/mol. The van der Waals surface area contributed by atoms with Crippen LogP contribution >= 0.6 is 0 Å². The molecule has 0 bridgehead atoms. The summed E-state index contributed by atoms with van der Waals surface area (Å²) in [4.78, 5) is 11.7. The van der Waals surface area contributed by atoms with E-state index in [0.29, 0.717) is 23.7 Å². The van der Waals surface area contributed by atoms with Crippen LogP contribution in [0.3, 0.4) is 0 Å². The van der Waals surface area contributed by atoms with Crippen molar-refractivity contribution >= 4 is 5.91 Å². The number of hydrogen-bond acceptors (Lipinski definition) is 4. The van der Waals surface area contributed by atoms with Crippen LogP contribution in [0.15, 0.2) is 12.1 Å². The molecule has 1 aromatic rings. The van der Waals surface area contributed by atoms with Gasteiger partial charge >= 0.3 is 0 Å². The highest BCUT2D eigenvalue weighted by Gasteiger charge is 2.17. The van der Waals surface area contributed by atoms with E-state index in [2.05, 4.69) is 0 Å². The number of benzene rings is 1. The van der Waals surface area contributed by atoms with E-state index < -0.39 is 5.91 Å². The van der Waals surface area contributed by atoms with Crippen molar-refractivity contribution in [3.8, 4) is 11.5 Å². The predicted molar refractivity (Wildman–Crippen MR) is 105 cm³/mol. The van der Waals surface area contributed by atoms with Crippen LogP contribution in [0.1, 0.15) is 80.1 Å². The van der Waals surface area contributed by atoms with E-state index in [1.807, 2.05) is 0 Å². The fraction of sp³-hybridized carbons (Fsp3) is 0.667. The minimum Gasteiger partial charge on any atom is -0.493 e. The zero-order valence-electron chi connectivity index (χ0n) is 16.4. The first-order valence-corrected chi connectivity index (χ1v) is 9.80. The Hall–Kier alpha value is -1.75. The van der Waals surface area contributed by atoms with E-state index in [-0.39, 0.29) is 0 Å². The van der Waals surface area contributed by atoms with Crippen molar-refractivity contribution in [3.63, 3.8) is 0 Å². The van der Waals surface area contributed by atoms with Gasteiger partial charge in [0.2, 0.25) is 5.91 Å². The number of hydrogen-bond donors (Lipinski definition) is 2. The van der Waals surface area contributed by atoms with E-state index in [9.17, 15) is 4.79 Å². The molecule has 1 rings (SSSR count). The molecule has 0 radical (unpaired) electrons. The molecular formula is C21H35NO4. The molecule has 0 saturated carbocycles. The molecule has 1 amide bonds. The first-order chi connectivity index (χ1) is 12.7. The highest BCUT2D eigenvalue weighted by atomic mass is 16.5. The lowest BCUT2D eigenvalue weighted by Crippen LogP contribution is -2.15. The van der Waals surface area contributed by atoms with Gasteiger partial charge in [0.25, 0.3) is 0 Å². The number of nitrogens with two attached hydrogens (primary N) is 1. The highest BCUT2D eigenvalue weighted by Crippen LogP contribution is 2.34. The monoisotopic (exact) mass is 365 g/mol. The number of aliphatic hydroxyl groups excluding tert-OH is 1. The number of carbonyl (C=O) groups excluding carboxylic acids is 1. The van der Waals surface area contributed by atoms with Crippen molar-refractivity contribution < 1.29 is 19.4 Å². The van der Waals surface area contributed by atoms with Gasteiger partial charge in [-0.15, -0.1) is 0 Å². The quantitative estimate of drug-likeness (QED) is 0.456. The normalized spacial score (nSPS) is 10.7. The number of unbranched alkanes of at least 4 members (excludes halogenated alkanes) is 9. The summed E-state index contributed by atoms with van der Waals surface area (Å²) in [5.74, 6) is 0.822. The van der Waals surface area contributed by atoms with Crippen LogP contribution in [0.2, 0.25) is 0 Å². The van der Waals surface area contributed by atoms with Crippen molar-refractivity contribution in [2.75, 3.05) is 20.8 Å². The molecule has 5 heteroatoms. The van der Waals surface area contributed by atoms with E-state index >= 15 is 0 Å². The third-order valence-electron chi connectivity index (χ3n) is 4.75. The summed E-state index contributed by atoms with van der Waals surface area (Å²) in [5, 5.41) is 8.74. The van der Waals surface area contributed by atoms with Gasteiger partial charge in [0.05, 0.1) is 14.2 Å². The van der Waals surface area contributed by atoms with Gasteiger partial charge in [0.1, 0.15) is 0 Å². The molecule has 0 atom stereocenters. The maximum Gasteiger partial charge on any atom is 0.249 e. The van der Waals surface area contributed by atoms with Gasteiger partial charge in [-0.1, -0.05) is 51.4 Å². The Morgan fingerprint density at radius 3 is 1.88 bits per heavy atom. The third-order valence-corrected chi connectivity index (χ3v) is 4.75. The molecule has 0 aliphatic carbocycles. The fourth-order valence-electron chi connectivity index (χ4n) is 3.30. The van der Waals surface area contributed by atoms with Crippen molar-refractivity contribution in [1.29, 1.82) is 0 Å². The molecule has 0 fully saturated rings. The highest BCUT2D eigenvalue weighted by molar-refractivity contribution is 5.95. The molecule has 148 valence electrons. The molecule has 0 saturated heterocycles. The van der Waals surface area contributed by atoms with Crippen LogP contribution in [0.25, 0.3) is 0 Å². The van der Waals surface area contributed by atoms with Crippen LogP contribution in [0, 0.1) is 0 Å². The average Bonchev–Trinajstić information content (AvgIpc) is 2.65. The number of primary amides is 1. The fourth-order valence-corrected chi connectivity index (χ4v) is 3.30. The Morgan fingerprint density at radius 1 is 0.885 bits per heavy atom. The zero-order chi connectivity index (χ0) is 19.2. The first kappa shape index (κ1) is 22.3. The molecule has 0 aromatic heterocycles. The molecule has 5 nitrogen and oxygen atoms in total. The summed E-state index contributed by atoms with van der Waals surface area (Å²) < 4.78 is 10.8. The van der Waals surface area contributed by atoms with E-state index in [4.69, 9.17) is 20.3 Å². The summed E-state index contributed by atoms with van der Waals surface area (Å²) >= 11 is 0. The molecule has 0 aliphatic heterocycles. The lowest BCUT2D eigenvalue weighted by molar-refractivity contribution is 0.0999. The Balaban J connectivity index is 2.35. The molecule has 3 N–H and O–H groups in total. The molecule has 26 heavy (non-hydrogen) atoms. The minimum atomic E-state index is -0.429. The molecule has 0 aliphatic rings. The number of methoxy groups -OCH3 is 2. The van der Waals surface area contributed by atoms with Gasteiger partial charge in [-0.3, -0.25) is 4.79 Å². The van der Waals surface area contributed by atoms with E-state index in [0.717, 1.165) is 37.7 Å².